The molecule has 0 spiro atoms. The average Bonchev–Trinajstić information content (AvgIpc) is 2.18. The molecule has 15 heavy (non-hydrogen) atoms. The zero-order chi connectivity index (χ0) is 11.3. The van der Waals surface area contributed by atoms with Crippen molar-refractivity contribution < 1.29 is 4.79 Å². The van der Waals surface area contributed by atoms with Gasteiger partial charge in [0.2, 0.25) is 0 Å². The van der Waals surface area contributed by atoms with Crippen molar-refractivity contribution in [3.8, 4) is 0 Å². The lowest BCUT2D eigenvalue weighted by atomic mass is 10.5. The number of anilines is 1. The van der Waals surface area contributed by atoms with Crippen molar-refractivity contribution in [2.45, 2.75) is 0 Å². The minimum atomic E-state index is -0.559. The van der Waals surface area contributed by atoms with Crippen LogP contribution in [0.15, 0.2) is 10.8 Å². The standard InChI is InChI=1S/C7H9BrClN5O/c8-4-5(9)13-3-14-6(4)11-1-2-12-7(10)15/h3H,1-2H2,(H3,10,12,15)(H,11,13,14). The van der Waals surface area contributed by atoms with Gasteiger partial charge in [0, 0.05) is 13.1 Å². The van der Waals surface area contributed by atoms with Crippen LogP contribution in [0.2, 0.25) is 5.15 Å². The van der Waals surface area contributed by atoms with Crippen LogP contribution in [0.1, 0.15) is 0 Å². The molecule has 0 atom stereocenters. The normalized spacial score (nSPS) is 9.73. The second-order valence-corrected chi connectivity index (χ2v) is 3.70. The van der Waals surface area contributed by atoms with E-state index in [1.165, 1.54) is 6.33 Å². The summed E-state index contributed by atoms with van der Waals surface area (Å²) in [6.07, 6.45) is 1.34. The second-order valence-electron chi connectivity index (χ2n) is 2.54. The Bertz CT molecular complexity index is 361. The van der Waals surface area contributed by atoms with Crippen LogP contribution in [0.5, 0.6) is 0 Å². The van der Waals surface area contributed by atoms with Crippen LogP contribution < -0.4 is 16.4 Å². The minimum Gasteiger partial charge on any atom is -0.367 e. The molecule has 6 nitrogen and oxygen atoms in total. The highest BCUT2D eigenvalue weighted by Crippen LogP contribution is 2.25. The molecule has 0 aromatic carbocycles. The van der Waals surface area contributed by atoms with Crippen molar-refractivity contribution in [2.24, 2.45) is 5.73 Å². The van der Waals surface area contributed by atoms with Crippen LogP contribution in [0.4, 0.5) is 10.6 Å². The van der Waals surface area contributed by atoms with E-state index in [1.54, 1.807) is 0 Å². The van der Waals surface area contributed by atoms with Crippen molar-refractivity contribution in [3.05, 3.63) is 16.0 Å². The highest BCUT2D eigenvalue weighted by atomic mass is 79.9. The van der Waals surface area contributed by atoms with Gasteiger partial charge in [0.25, 0.3) is 0 Å². The summed E-state index contributed by atoms with van der Waals surface area (Å²) in [5.74, 6) is 0.571. The molecule has 0 bridgehead atoms. The van der Waals surface area contributed by atoms with Gasteiger partial charge in [-0.1, -0.05) is 11.6 Å². The Labute approximate surface area is 99.7 Å². The van der Waals surface area contributed by atoms with Gasteiger partial charge in [0.05, 0.1) is 4.47 Å². The molecule has 2 amide bonds. The summed E-state index contributed by atoms with van der Waals surface area (Å²) in [5.41, 5.74) is 4.89. The van der Waals surface area contributed by atoms with E-state index in [1.807, 2.05) is 0 Å². The van der Waals surface area contributed by atoms with Crippen molar-refractivity contribution >= 4 is 39.4 Å². The predicted octanol–water partition coefficient (Wildman–Crippen LogP) is 0.973. The lowest BCUT2D eigenvalue weighted by Gasteiger charge is -2.07. The summed E-state index contributed by atoms with van der Waals surface area (Å²) in [4.78, 5) is 18.1. The maximum Gasteiger partial charge on any atom is 0.312 e. The van der Waals surface area contributed by atoms with Crippen LogP contribution in [-0.2, 0) is 0 Å². The van der Waals surface area contributed by atoms with E-state index in [4.69, 9.17) is 17.3 Å². The number of urea groups is 1. The number of halogens is 2. The lowest BCUT2D eigenvalue weighted by Crippen LogP contribution is -2.33. The first-order valence-corrected chi connectivity index (χ1v) is 5.21. The largest absolute Gasteiger partial charge is 0.367 e. The minimum absolute atomic E-state index is 0.329. The van der Waals surface area contributed by atoms with Gasteiger partial charge in [-0.05, 0) is 15.9 Å². The van der Waals surface area contributed by atoms with Crippen LogP contribution >= 0.6 is 27.5 Å². The van der Waals surface area contributed by atoms with Gasteiger partial charge in [-0.25, -0.2) is 14.8 Å². The molecule has 0 aliphatic carbocycles. The molecule has 1 heterocycles. The number of amides is 2. The first-order chi connectivity index (χ1) is 7.11. The Hall–Kier alpha value is -1.08. The predicted molar refractivity (Wildman–Crippen MR) is 60.8 cm³/mol. The summed E-state index contributed by atoms with van der Waals surface area (Å²) >= 11 is 8.98. The average molecular weight is 295 g/mol. The van der Waals surface area contributed by atoms with Crippen molar-refractivity contribution in [1.29, 1.82) is 0 Å². The zero-order valence-electron chi connectivity index (χ0n) is 7.63. The van der Waals surface area contributed by atoms with Gasteiger partial charge in [0.15, 0.2) is 0 Å². The molecule has 0 saturated heterocycles. The van der Waals surface area contributed by atoms with Crippen LogP contribution in [0, 0.1) is 0 Å². The topological polar surface area (TPSA) is 92.9 Å². The van der Waals surface area contributed by atoms with Gasteiger partial charge in [0.1, 0.15) is 17.3 Å². The van der Waals surface area contributed by atoms with Crippen LogP contribution in [0.25, 0.3) is 0 Å². The van der Waals surface area contributed by atoms with E-state index in [9.17, 15) is 4.79 Å². The molecule has 1 aromatic rings. The number of nitrogens with one attached hydrogen (secondary N) is 2. The lowest BCUT2D eigenvalue weighted by molar-refractivity contribution is 0.249. The molecule has 0 unspecified atom stereocenters. The number of nitrogens with zero attached hydrogens (tertiary/aromatic N) is 2. The summed E-state index contributed by atoms with van der Waals surface area (Å²) in [6, 6.07) is -0.559. The zero-order valence-corrected chi connectivity index (χ0v) is 9.97. The fourth-order valence-electron chi connectivity index (χ4n) is 0.838. The molecule has 0 aliphatic heterocycles. The Balaban J connectivity index is 2.44. The summed E-state index contributed by atoms with van der Waals surface area (Å²) in [6.45, 7) is 0.901. The molecule has 4 N–H and O–H groups in total. The summed E-state index contributed by atoms with van der Waals surface area (Å²) in [7, 11) is 0. The Morgan fingerprint density at radius 2 is 2.27 bits per heavy atom. The molecule has 0 fully saturated rings. The maximum atomic E-state index is 10.4. The Morgan fingerprint density at radius 1 is 1.53 bits per heavy atom. The van der Waals surface area contributed by atoms with E-state index in [0.29, 0.717) is 28.5 Å². The van der Waals surface area contributed by atoms with Gasteiger partial charge in [-0.2, -0.15) is 0 Å². The van der Waals surface area contributed by atoms with Gasteiger partial charge < -0.3 is 16.4 Å². The first kappa shape index (κ1) is 12.0. The molecular formula is C7H9BrClN5O. The fraction of sp³-hybridized carbons (Fsp3) is 0.286. The van der Waals surface area contributed by atoms with Gasteiger partial charge in [-0.3, -0.25) is 0 Å². The van der Waals surface area contributed by atoms with Crippen molar-refractivity contribution in [2.75, 3.05) is 18.4 Å². The molecule has 0 radical (unpaired) electrons. The van der Waals surface area contributed by atoms with Crippen molar-refractivity contribution in [1.82, 2.24) is 15.3 Å². The number of primary amides is 1. The smallest absolute Gasteiger partial charge is 0.312 e. The monoisotopic (exact) mass is 293 g/mol. The third-order valence-electron chi connectivity index (χ3n) is 1.46. The number of hydrogen-bond acceptors (Lipinski definition) is 4. The molecule has 1 aromatic heterocycles. The summed E-state index contributed by atoms with van der Waals surface area (Å²) < 4.78 is 0.589. The highest BCUT2D eigenvalue weighted by Gasteiger charge is 2.05. The number of carbonyl (C=O) groups excluding carboxylic acids is 1. The number of carbonyl (C=O) groups is 1. The highest BCUT2D eigenvalue weighted by molar-refractivity contribution is 9.10. The summed E-state index contributed by atoms with van der Waals surface area (Å²) in [5, 5.41) is 5.72. The van der Waals surface area contributed by atoms with E-state index < -0.39 is 6.03 Å². The molecule has 0 saturated carbocycles. The Morgan fingerprint density at radius 3 is 2.93 bits per heavy atom. The van der Waals surface area contributed by atoms with E-state index in [0.717, 1.165) is 0 Å². The quantitative estimate of drug-likeness (QED) is 0.570. The fourth-order valence-corrected chi connectivity index (χ4v) is 1.32. The third-order valence-corrected chi connectivity index (χ3v) is 2.73. The van der Waals surface area contributed by atoms with Gasteiger partial charge >= 0.3 is 6.03 Å². The SMILES string of the molecule is NC(=O)NCCNc1ncnc(Cl)c1Br. The third kappa shape index (κ3) is 3.88. The number of rotatable bonds is 4. The maximum absolute atomic E-state index is 10.4. The molecule has 82 valence electrons. The number of aromatic nitrogens is 2. The second kappa shape index (κ2) is 5.72. The van der Waals surface area contributed by atoms with Crippen LogP contribution in [0.3, 0.4) is 0 Å². The van der Waals surface area contributed by atoms with E-state index in [2.05, 4.69) is 36.5 Å². The van der Waals surface area contributed by atoms with Crippen LogP contribution in [-0.4, -0.2) is 29.1 Å². The van der Waals surface area contributed by atoms with E-state index in [-0.39, 0.29) is 0 Å². The number of hydrogen-bond donors (Lipinski definition) is 3. The van der Waals surface area contributed by atoms with Crippen molar-refractivity contribution in [3.63, 3.8) is 0 Å². The first-order valence-electron chi connectivity index (χ1n) is 4.04. The van der Waals surface area contributed by atoms with Gasteiger partial charge in [-0.15, -0.1) is 0 Å². The molecule has 0 aliphatic rings. The Kier molecular flexibility index (Phi) is 4.57. The molecular weight excluding hydrogens is 285 g/mol. The number of nitrogens with two attached hydrogens (primary N) is 1. The van der Waals surface area contributed by atoms with E-state index >= 15 is 0 Å². The molecule has 8 heteroatoms. The molecule has 1 rings (SSSR count).